The van der Waals surface area contributed by atoms with Crippen molar-refractivity contribution in [2.75, 3.05) is 18.0 Å². The molecule has 1 atom stereocenters. The molecule has 1 fully saturated rings. The van der Waals surface area contributed by atoms with Crippen LogP contribution in [0, 0.1) is 5.92 Å². The topological polar surface area (TPSA) is 42.2 Å². The molecular formula is C14H23N3. The van der Waals surface area contributed by atoms with Crippen LogP contribution in [0.15, 0.2) is 18.3 Å². The van der Waals surface area contributed by atoms with Gasteiger partial charge in [-0.25, -0.2) is 4.98 Å². The average Bonchev–Trinajstić information content (AvgIpc) is 2.28. The van der Waals surface area contributed by atoms with Crippen molar-refractivity contribution in [3.63, 3.8) is 0 Å². The van der Waals surface area contributed by atoms with Gasteiger partial charge < -0.3 is 10.6 Å². The van der Waals surface area contributed by atoms with Gasteiger partial charge in [0.05, 0.1) is 0 Å². The van der Waals surface area contributed by atoms with Gasteiger partial charge >= 0.3 is 0 Å². The minimum atomic E-state index is 0.0501. The second-order valence-electron chi connectivity index (χ2n) is 5.04. The van der Waals surface area contributed by atoms with E-state index in [1.54, 1.807) is 0 Å². The maximum atomic E-state index is 6.02. The summed E-state index contributed by atoms with van der Waals surface area (Å²) in [6, 6.07) is 4.12. The lowest BCUT2D eigenvalue weighted by Crippen LogP contribution is -2.34. The smallest absolute Gasteiger partial charge is 0.133 e. The molecule has 0 spiro atoms. The zero-order chi connectivity index (χ0) is 12.3. The fraction of sp³-hybridized carbons (Fsp3) is 0.643. The third kappa shape index (κ3) is 2.78. The average molecular weight is 233 g/mol. The van der Waals surface area contributed by atoms with Gasteiger partial charge in [0.1, 0.15) is 5.82 Å². The predicted octanol–water partition coefficient (Wildman–Crippen LogP) is 2.73. The van der Waals surface area contributed by atoms with E-state index in [2.05, 4.69) is 22.9 Å². The number of anilines is 1. The number of nitrogens with zero attached hydrogens (tertiary/aromatic N) is 2. The Morgan fingerprint density at radius 1 is 1.53 bits per heavy atom. The Balaban J connectivity index is 2.16. The molecule has 1 aromatic heterocycles. The number of pyridine rings is 1. The normalized spacial score (nSPS) is 17.6. The van der Waals surface area contributed by atoms with Crippen molar-refractivity contribution in [2.45, 2.75) is 39.2 Å². The molecule has 1 saturated carbocycles. The van der Waals surface area contributed by atoms with Gasteiger partial charge in [-0.05, 0) is 38.7 Å². The van der Waals surface area contributed by atoms with E-state index in [1.807, 2.05) is 19.2 Å². The van der Waals surface area contributed by atoms with Crippen LogP contribution in [-0.2, 0) is 0 Å². The van der Waals surface area contributed by atoms with Gasteiger partial charge in [-0.1, -0.05) is 12.5 Å². The number of aromatic nitrogens is 1. The van der Waals surface area contributed by atoms with Crippen LogP contribution in [0.3, 0.4) is 0 Å². The maximum Gasteiger partial charge on any atom is 0.133 e. The molecule has 17 heavy (non-hydrogen) atoms. The molecule has 3 nitrogen and oxygen atoms in total. The van der Waals surface area contributed by atoms with Gasteiger partial charge in [-0.3, -0.25) is 0 Å². The molecule has 1 heterocycles. The van der Waals surface area contributed by atoms with E-state index in [0.29, 0.717) is 0 Å². The van der Waals surface area contributed by atoms with Crippen LogP contribution in [0.4, 0.5) is 5.82 Å². The van der Waals surface area contributed by atoms with Gasteiger partial charge in [0.2, 0.25) is 0 Å². The van der Waals surface area contributed by atoms with Crippen molar-refractivity contribution >= 4 is 5.82 Å². The number of nitrogens with two attached hydrogens (primary N) is 1. The van der Waals surface area contributed by atoms with Crippen molar-refractivity contribution in [1.82, 2.24) is 4.98 Å². The molecular weight excluding hydrogens is 210 g/mol. The molecule has 0 amide bonds. The Morgan fingerprint density at radius 2 is 2.29 bits per heavy atom. The summed E-state index contributed by atoms with van der Waals surface area (Å²) in [6.07, 6.45) is 6.00. The largest absolute Gasteiger partial charge is 0.356 e. The summed E-state index contributed by atoms with van der Waals surface area (Å²) in [5, 5.41) is 0. The number of rotatable bonds is 5. The molecule has 0 saturated heterocycles. The highest BCUT2D eigenvalue weighted by atomic mass is 15.2. The minimum absolute atomic E-state index is 0.0501. The maximum absolute atomic E-state index is 6.02. The first-order valence-electron chi connectivity index (χ1n) is 6.67. The van der Waals surface area contributed by atoms with Crippen molar-refractivity contribution in [2.24, 2.45) is 11.7 Å². The van der Waals surface area contributed by atoms with Gasteiger partial charge in [0, 0.05) is 30.9 Å². The predicted molar refractivity (Wildman–Crippen MR) is 72.1 cm³/mol. The number of hydrogen-bond donors (Lipinski definition) is 1. The van der Waals surface area contributed by atoms with Crippen LogP contribution in [-0.4, -0.2) is 18.1 Å². The monoisotopic (exact) mass is 233 g/mol. The number of hydrogen-bond acceptors (Lipinski definition) is 3. The Morgan fingerprint density at radius 3 is 2.82 bits per heavy atom. The summed E-state index contributed by atoms with van der Waals surface area (Å²) < 4.78 is 0. The van der Waals surface area contributed by atoms with Crippen molar-refractivity contribution in [3.8, 4) is 0 Å². The highest BCUT2D eigenvalue weighted by Crippen LogP contribution is 2.30. The van der Waals surface area contributed by atoms with E-state index < -0.39 is 0 Å². The molecule has 1 aliphatic rings. The van der Waals surface area contributed by atoms with Gasteiger partial charge in [0.15, 0.2) is 0 Å². The van der Waals surface area contributed by atoms with E-state index in [0.717, 1.165) is 30.4 Å². The van der Waals surface area contributed by atoms with Crippen LogP contribution in [0.1, 0.15) is 44.7 Å². The lowest BCUT2D eigenvalue weighted by molar-refractivity contribution is 0.318. The molecule has 1 aromatic rings. The van der Waals surface area contributed by atoms with E-state index >= 15 is 0 Å². The van der Waals surface area contributed by atoms with Crippen LogP contribution >= 0.6 is 0 Å². The summed E-state index contributed by atoms with van der Waals surface area (Å²) in [6.45, 7) is 6.36. The van der Waals surface area contributed by atoms with Crippen molar-refractivity contribution in [1.29, 1.82) is 0 Å². The fourth-order valence-corrected chi connectivity index (χ4v) is 2.38. The summed E-state index contributed by atoms with van der Waals surface area (Å²) in [5.41, 5.74) is 7.18. The van der Waals surface area contributed by atoms with E-state index in [9.17, 15) is 0 Å². The zero-order valence-corrected chi connectivity index (χ0v) is 10.9. The Bertz CT molecular complexity index is 358. The first-order valence-corrected chi connectivity index (χ1v) is 6.67. The first kappa shape index (κ1) is 12.4. The lowest BCUT2D eigenvalue weighted by atomic mass is 9.85. The second kappa shape index (κ2) is 5.50. The van der Waals surface area contributed by atoms with Crippen LogP contribution in [0.25, 0.3) is 0 Å². The molecule has 0 radical (unpaired) electrons. The first-order chi connectivity index (χ1) is 8.22. The molecule has 94 valence electrons. The molecule has 2 N–H and O–H groups in total. The Hall–Kier alpha value is -1.09. The third-order valence-electron chi connectivity index (χ3n) is 3.69. The molecule has 2 rings (SSSR count). The summed E-state index contributed by atoms with van der Waals surface area (Å²) >= 11 is 0. The SMILES string of the molecule is CCN(CC1CCC1)c1ncccc1[C@@H](C)N. The molecule has 0 bridgehead atoms. The molecule has 0 unspecified atom stereocenters. The van der Waals surface area contributed by atoms with E-state index in [1.165, 1.54) is 19.3 Å². The lowest BCUT2D eigenvalue weighted by Gasteiger charge is -2.33. The van der Waals surface area contributed by atoms with Gasteiger partial charge in [-0.2, -0.15) is 0 Å². The minimum Gasteiger partial charge on any atom is -0.356 e. The molecule has 0 aliphatic heterocycles. The Labute approximate surface area is 104 Å². The standard InChI is InChI=1S/C14H23N3/c1-3-17(10-12-6-4-7-12)14-13(11(2)15)8-5-9-16-14/h5,8-9,11-12H,3-4,6-7,10,15H2,1-2H3/t11-/m1/s1. The summed E-state index contributed by atoms with van der Waals surface area (Å²) in [4.78, 5) is 6.91. The molecule has 3 heteroatoms. The van der Waals surface area contributed by atoms with Crippen molar-refractivity contribution < 1.29 is 0 Å². The zero-order valence-electron chi connectivity index (χ0n) is 10.9. The Kier molecular flexibility index (Phi) is 4.00. The van der Waals surface area contributed by atoms with Gasteiger partial charge in [-0.15, -0.1) is 0 Å². The molecule has 1 aliphatic carbocycles. The highest BCUT2D eigenvalue weighted by molar-refractivity contribution is 5.48. The summed E-state index contributed by atoms with van der Waals surface area (Å²) in [5.74, 6) is 1.94. The second-order valence-corrected chi connectivity index (χ2v) is 5.04. The van der Waals surface area contributed by atoms with E-state index in [-0.39, 0.29) is 6.04 Å². The van der Waals surface area contributed by atoms with Crippen LogP contribution in [0.5, 0.6) is 0 Å². The van der Waals surface area contributed by atoms with Crippen LogP contribution in [0.2, 0.25) is 0 Å². The summed E-state index contributed by atoms with van der Waals surface area (Å²) in [7, 11) is 0. The highest BCUT2D eigenvalue weighted by Gasteiger charge is 2.22. The third-order valence-corrected chi connectivity index (χ3v) is 3.69. The van der Waals surface area contributed by atoms with Gasteiger partial charge in [0.25, 0.3) is 0 Å². The molecule has 0 aromatic carbocycles. The quantitative estimate of drug-likeness (QED) is 0.850. The van der Waals surface area contributed by atoms with E-state index in [4.69, 9.17) is 5.73 Å². The van der Waals surface area contributed by atoms with Crippen molar-refractivity contribution in [3.05, 3.63) is 23.9 Å². The van der Waals surface area contributed by atoms with Crippen LogP contribution < -0.4 is 10.6 Å². The fourth-order valence-electron chi connectivity index (χ4n) is 2.38.